The van der Waals surface area contributed by atoms with Gasteiger partial charge in [-0.3, -0.25) is 0 Å². The van der Waals surface area contributed by atoms with E-state index in [2.05, 4.69) is 69.2 Å². The molecule has 4 rings (SSSR count). The lowest BCUT2D eigenvalue weighted by atomic mass is 9.41. The minimum Gasteiger partial charge on any atom is -0.324 e. The molecule has 174 valence electrons. The zero-order valence-electron chi connectivity index (χ0n) is 22.1. The molecule has 0 aromatic rings. The Morgan fingerprint density at radius 1 is 0.867 bits per heavy atom. The smallest absolute Gasteiger partial charge is 0.0251 e. The minimum absolute atomic E-state index is 0.00422. The lowest BCUT2D eigenvalue weighted by molar-refractivity contribution is -0.147. The first-order chi connectivity index (χ1) is 13.7. The average Bonchev–Trinajstić information content (AvgIpc) is 3.03. The molecule has 0 heterocycles. The molecule has 10 unspecified atom stereocenters. The molecule has 0 aromatic heterocycles. The Bertz CT molecular complexity index is 696. The van der Waals surface area contributed by atoms with Gasteiger partial charge in [-0.05, 0) is 95.2 Å². The fraction of sp³-hybridized carbons (Fsp3) is 1.00. The first-order valence-electron chi connectivity index (χ1n) is 13.5. The standard InChI is InChI=1S/C29H53N/c1-11-19(3)22-14-15-26(8)23-20(4)28(10)24(5,6)21(12-2)13-16-27(28,9)29(23,30)18-17-25(22,26)7/h19-23H,11-18,30H2,1-10H3. The van der Waals surface area contributed by atoms with Crippen molar-refractivity contribution in [2.75, 3.05) is 0 Å². The van der Waals surface area contributed by atoms with Gasteiger partial charge in [0.05, 0.1) is 0 Å². The summed E-state index contributed by atoms with van der Waals surface area (Å²) in [6.45, 7) is 26.0. The molecule has 4 aliphatic carbocycles. The van der Waals surface area contributed by atoms with E-state index >= 15 is 0 Å². The van der Waals surface area contributed by atoms with Crippen LogP contribution in [0.2, 0.25) is 0 Å². The van der Waals surface area contributed by atoms with Crippen molar-refractivity contribution in [1.82, 2.24) is 0 Å². The van der Waals surface area contributed by atoms with E-state index in [1.165, 1.54) is 51.4 Å². The highest BCUT2D eigenvalue weighted by Crippen LogP contribution is 2.83. The van der Waals surface area contributed by atoms with Crippen LogP contribution in [0.1, 0.15) is 121 Å². The maximum atomic E-state index is 7.79. The van der Waals surface area contributed by atoms with E-state index in [4.69, 9.17) is 5.73 Å². The van der Waals surface area contributed by atoms with E-state index in [-0.39, 0.29) is 11.0 Å². The third-order valence-corrected chi connectivity index (χ3v) is 14.2. The minimum atomic E-state index is -0.00422. The Labute approximate surface area is 188 Å². The first-order valence-corrected chi connectivity index (χ1v) is 13.5. The molecule has 0 saturated heterocycles. The number of nitrogens with two attached hydrogens (primary N) is 1. The normalized spacial score (nSPS) is 58.1. The molecule has 0 aliphatic heterocycles. The summed E-state index contributed by atoms with van der Waals surface area (Å²) in [4.78, 5) is 0. The molecule has 0 amide bonds. The highest BCUT2D eigenvalue weighted by Gasteiger charge is 2.80. The van der Waals surface area contributed by atoms with Crippen LogP contribution in [0.25, 0.3) is 0 Å². The highest BCUT2D eigenvalue weighted by atomic mass is 15.0. The van der Waals surface area contributed by atoms with Crippen LogP contribution in [0, 0.1) is 56.7 Å². The average molecular weight is 416 g/mol. The van der Waals surface area contributed by atoms with Gasteiger partial charge >= 0.3 is 0 Å². The van der Waals surface area contributed by atoms with Gasteiger partial charge in [-0.15, -0.1) is 0 Å². The van der Waals surface area contributed by atoms with Gasteiger partial charge < -0.3 is 5.73 Å². The predicted molar refractivity (Wildman–Crippen MR) is 130 cm³/mol. The van der Waals surface area contributed by atoms with Crippen LogP contribution in [0.4, 0.5) is 0 Å². The Hall–Kier alpha value is -0.0400. The van der Waals surface area contributed by atoms with Crippen LogP contribution in [0.5, 0.6) is 0 Å². The molecule has 4 fully saturated rings. The van der Waals surface area contributed by atoms with Gasteiger partial charge in [0.2, 0.25) is 0 Å². The van der Waals surface area contributed by atoms with Crippen LogP contribution in [0.15, 0.2) is 0 Å². The van der Waals surface area contributed by atoms with Gasteiger partial charge in [-0.25, -0.2) is 0 Å². The van der Waals surface area contributed by atoms with Gasteiger partial charge in [0.1, 0.15) is 0 Å². The zero-order chi connectivity index (χ0) is 22.5. The molecule has 10 atom stereocenters. The maximum absolute atomic E-state index is 7.79. The quantitative estimate of drug-likeness (QED) is 0.495. The lowest BCUT2D eigenvalue weighted by Crippen LogP contribution is -2.67. The molecule has 30 heavy (non-hydrogen) atoms. The van der Waals surface area contributed by atoms with Crippen LogP contribution in [-0.2, 0) is 0 Å². The second-order valence-electron chi connectivity index (χ2n) is 14.1. The van der Waals surface area contributed by atoms with Gasteiger partial charge in [-0.1, -0.05) is 82.1 Å². The van der Waals surface area contributed by atoms with Crippen molar-refractivity contribution in [1.29, 1.82) is 0 Å². The molecule has 2 N–H and O–H groups in total. The fourth-order valence-corrected chi connectivity index (χ4v) is 11.5. The van der Waals surface area contributed by atoms with Crippen molar-refractivity contribution < 1.29 is 0 Å². The van der Waals surface area contributed by atoms with E-state index in [0.29, 0.717) is 33.5 Å². The summed E-state index contributed by atoms with van der Waals surface area (Å²) >= 11 is 0. The molecule has 0 radical (unpaired) electrons. The number of hydrogen-bond donors (Lipinski definition) is 1. The Morgan fingerprint density at radius 2 is 1.50 bits per heavy atom. The van der Waals surface area contributed by atoms with Crippen molar-refractivity contribution >= 4 is 0 Å². The summed E-state index contributed by atoms with van der Waals surface area (Å²) in [5.74, 6) is 3.90. The van der Waals surface area contributed by atoms with Crippen LogP contribution < -0.4 is 5.73 Å². The highest BCUT2D eigenvalue weighted by molar-refractivity contribution is 5.31. The zero-order valence-corrected chi connectivity index (χ0v) is 22.1. The molecule has 4 saturated carbocycles. The molecular weight excluding hydrogens is 362 g/mol. The Balaban J connectivity index is 1.88. The van der Waals surface area contributed by atoms with Crippen molar-refractivity contribution in [2.24, 2.45) is 62.4 Å². The Morgan fingerprint density at radius 3 is 2.07 bits per heavy atom. The summed E-state index contributed by atoms with van der Waals surface area (Å²) < 4.78 is 0. The van der Waals surface area contributed by atoms with E-state index in [9.17, 15) is 0 Å². The largest absolute Gasteiger partial charge is 0.324 e. The second kappa shape index (κ2) is 6.51. The van der Waals surface area contributed by atoms with Gasteiger partial charge in [0, 0.05) is 5.54 Å². The van der Waals surface area contributed by atoms with Gasteiger partial charge in [-0.2, -0.15) is 0 Å². The van der Waals surface area contributed by atoms with E-state index in [0.717, 1.165) is 17.8 Å². The maximum Gasteiger partial charge on any atom is 0.0251 e. The van der Waals surface area contributed by atoms with E-state index < -0.39 is 0 Å². The summed E-state index contributed by atoms with van der Waals surface area (Å²) in [6, 6.07) is 0. The number of hydrogen-bond acceptors (Lipinski definition) is 1. The molecule has 1 heteroatoms. The van der Waals surface area contributed by atoms with Crippen molar-refractivity contribution in [2.45, 2.75) is 126 Å². The first kappa shape index (κ1) is 23.1. The van der Waals surface area contributed by atoms with Gasteiger partial charge in [0.15, 0.2) is 0 Å². The summed E-state index contributed by atoms with van der Waals surface area (Å²) in [7, 11) is 0. The van der Waals surface area contributed by atoms with E-state index in [1.54, 1.807) is 0 Å². The number of fused-ring (bicyclic) bond motifs is 5. The molecular formula is C29H53N. The third kappa shape index (κ3) is 2.16. The summed E-state index contributed by atoms with van der Waals surface area (Å²) in [5.41, 5.74) is 9.53. The molecule has 0 aromatic carbocycles. The van der Waals surface area contributed by atoms with Crippen LogP contribution in [0.3, 0.4) is 0 Å². The molecule has 0 bridgehead atoms. The molecule has 1 nitrogen and oxygen atoms in total. The molecule has 0 spiro atoms. The monoisotopic (exact) mass is 415 g/mol. The van der Waals surface area contributed by atoms with Crippen molar-refractivity contribution in [3.05, 3.63) is 0 Å². The second-order valence-corrected chi connectivity index (χ2v) is 14.1. The van der Waals surface area contributed by atoms with Crippen molar-refractivity contribution in [3.8, 4) is 0 Å². The fourth-order valence-electron chi connectivity index (χ4n) is 11.5. The summed E-state index contributed by atoms with van der Waals surface area (Å²) in [6.07, 6.45) is 10.8. The molecule has 4 aliphatic rings. The van der Waals surface area contributed by atoms with Gasteiger partial charge in [0.25, 0.3) is 0 Å². The third-order valence-electron chi connectivity index (χ3n) is 14.2. The lowest BCUT2D eigenvalue weighted by Gasteiger charge is -2.65. The predicted octanol–water partition coefficient (Wildman–Crippen LogP) is 8.07. The van der Waals surface area contributed by atoms with Crippen LogP contribution in [-0.4, -0.2) is 5.54 Å². The Kier molecular flexibility index (Phi) is 5.02. The topological polar surface area (TPSA) is 26.0 Å². The van der Waals surface area contributed by atoms with E-state index in [1.807, 2.05) is 0 Å². The SMILES string of the molecule is CCC(C)C1CCC2(C)C3C(C)C4(C)C(C)(C)C(CC)CCC4(C)C3(N)CCC12C. The van der Waals surface area contributed by atoms with Crippen LogP contribution >= 0.6 is 0 Å². The summed E-state index contributed by atoms with van der Waals surface area (Å²) in [5, 5.41) is 0. The number of rotatable bonds is 3. The van der Waals surface area contributed by atoms with Crippen molar-refractivity contribution in [3.63, 3.8) is 0 Å².